The minimum absolute atomic E-state index is 0.0281. The third kappa shape index (κ3) is 2.22. The zero-order valence-corrected chi connectivity index (χ0v) is 11.6. The van der Waals surface area contributed by atoms with Crippen molar-refractivity contribution >= 4 is 21.7 Å². The summed E-state index contributed by atoms with van der Waals surface area (Å²) in [5, 5.41) is 0.192. The van der Waals surface area contributed by atoms with Crippen molar-refractivity contribution in [3.05, 3.63) is 38.8 Å². The molecule has 5 nitrogen and oxygen atoms in total. The van der Waals surface area contributed by atoms with Crippen molar-refractivity contribution in [2.75, 3.05) is 6.26 Å². The number of hydrogen-bond acceptors (Lipinski definition) is 3. The Bertz CT molecular complexity index is 836. The molecule has 1 aromatic carbocycles. The van der Waals surface area contributed by atoms with Gasteiger partial charge in [0.05, 0.1) is 26.6 Å². The van der Waals surface area contributed by atoms with Crippen LogP contribution in [0.15, 0.2) is 26.6 Å². The maximum atomic E-state index is 13.9. The van der Waals surface area contributed by atoms with E-state index in [0.717, 1.165) is 18.9 Å². The molecule has 0 spiro atoms. The van der Waals surface area contributed by atoms with Crippen LogP contribution in [0.4, 0.5) is 4.39 Å². The van der Waals surface area contributed by atoms with Gasteiger partial charge in [-0.3, -0.25) is 18.6 Å². The van der Waals surface area contributed by atoms with Crippen LogP contribution < -0.4 is 11.2 Å². The van der Waals surface area contributed by atoms with Crippen LogP contribution in [0.25, 0.3) is 10.9 Å². The lowest BCUT2D eigenvalue weighted by Crippen LogP contribution is -2.31. The molecular formula is C13H13FN2O3S. The van der Waals surface area contributed by atoms with Crippen LogP contribution in [-0.2, 0) is 17.3 Å². The Balaban J connectivity index is 2.34. The summed E-state index contributed by atoms with van der Waals surface area (Å²) in [6, 6.07) is 2.40. The van der Waals surface area contributed by atoms with Crippen LogP contribution in [0.1, 0.15) is 12.8 Å². The predicted octanol–water partition coefficient (Wildman–Crippen LogP) is 0.976. The van der Waals surface area contributed by atoms with Gasteiger partial charge in [-0.15, -0.1) is 0 Å². The number of fused-ring (bicyclic) bond motifs is 1. The molecule has 1 unspecified atom stereocenters. The van der Waals surface area contributed by atoms with E-state index in [4.69, 9.17) is 0 Å². The Morgan fingerprint density at radius 3 is 2.70 bits per heavy atom. The zero-order chi connectivity index (χ0) is 14.4. The van der Waals surface area contributed by atoms with Gasteiger partial charge >= 0.3 is 5.69 Å². The second-order valence-corrected chi connectivity index (χ2v) is 6.42. The molecule has 1 heterocycles. The zero-order valence-electron chi connectivity index (χ0n) is 10.8. The van der Waals surface area contributed by atoms with E-state index in [1.807, 2.05) is 0 Å². The van der Waals surface area contributed by atoms with E-state index in [1.54, 1.807) is 0 Å². The second kappa shape index (κ2) is 4.66. The Labute approximate surface area is 115 Å². The number of hydrogen-bond donors (Lipinski definition) is 1. The number of aromatic amines is 1. The third-order valence-electron chi connectivity index (χ3n) is 3.50. The fourth-order valence-corrected chi connectivity index (χ4v) is 2.87. The standard InChI is InChI=1S/C13H13FN2O3S/c1-20(19)11-4-8-10(5-9(11)14)16(6-7-2-3-7)13(18)15-12(8)17/h4-5,7H,2-3,6H2,1H3,(H,15,17,18). The van der Waals surface area contributed by atoms with Crippen LogP contribution in [0.3, 0.4) is 0 Å². The van der Waals surface area contributed by atoms with E-state index >= 15 is 0 Å². The van der Waals surface area contributed by atoms with Crippen LogP contribution in [0.5, 0.6) is 0 Å². The molecule has 1 aliphatic carbocycles. The summed E-state index contributed by atoms with van der Waals surface area (Å²) in [6.45, 7) is 0.472. The van der Waals surface area contributed by atoms with Gasteiger partial charge in [0.1, 0.15) is 5.82 Å². The van der Waals surface area contributed by atoms with Crippen molar-refractivity contribution in [1.82, 2.24) is 9.55 Å². The van der Waals surface area contributed by atoms with Gasteiger partial charge < -0.3 is 0 Å². The average molecular weight is 296 g/mol. The minimum Gasteiger partial charge on any atom is -0.293 e. The van der Waals surface area contributed by atoms with Gasteiger partial charge in [-0.25, -0.2) is 9.18 Å². The molecule has 0 aliphatic heterocycles. The topological polar surface area (TPSA) is 71.9 Å². The molecule has 0 amide bonds. The monoisotopic (exact) mass is 296 g/mol. The van der Waals surface area contributed by atoms with Gasteiger partial charge in [0.25, 0.3) is 5.56 Å². The number of rotatable bonds is 3. The van der Waals surface area contributed by atoms with Gasteiger partial charge in [0.2, 0.25) is 0 Å². The molecule has 1 fully saturated rings. The molecule has 20 heavy (non-hydrogen) atoms. The Morgan fingerprint density at radius 2 is 2.10 bits per heavy atom. The fraction of sp³-hybridized carbons (Fsp3) is 0.385. The van der Waals surface area contributed by atoms with Crippen molar-refractivity contribution < 1.29 is 8.60 Å². The molecule has 0 radical (unpaired) electrons. The molecule has 1 saturated carbocycles. The molecule has 106 valence electrons. The summed E-state index contributed by atoms with van der Waals surface area (Å²) in [6.07, 6.45) is 3.41. The molecule has 7 heteroatoms. The average Bonchev–Trinajstić information content (AvgIpc) is 3.17. The molecule has 1 atom stereocenters. The quantitative estimate of drug-likeness (QED) is 0.917. The largest absolute Gasteiger partial charge is 0.328 e. The Morgan fingerprint density at radius 1 is 1.40 bits per heavy atom. The van der Waals surface area contributed by atoms with E-state index in [-0.39, 0.29) is 15.8 Å². The van der Waals surface area contributed by atoms with Crippen LogP contribution in [0.2, 0.25) is 0 Å². The molecule has 0 bridgehead atoms. The van der Waals surface area contributed by atoms with Crippen molar-refractivity contribution in [3.63, 3.8) is 0 Å². The van der Waals surface area contributed by atoms with Gasteiger partial charge in [0, 0.05) is 12.8 Å². The maximum absolute atomic E-state index is 13.9. The lowest BCUT2D eigenvalue weighted by molar-refractivity contribution is 0.587. The highest BCUT2D eigenvalue weighted by atomic mass is 32.2. The normalized spacial score (nSPS) is 16.5. The molecule has 1 aliphatic rings. The van der Waals surface area contributed by atoms with E-state index in [9.17, 15) is 18.2 Å². The summed E-state index contributed by atoms with van der Waals surface area (Å²) in [5.74, 6) is -0.252. The first-order valence-electron chi connectivity index (χ1n) is 6.27. The van der Waals surface area contributed by atoms with Gasteiger partial charge in [-0.2, -0.15) is 0 Å². The van der Waals surface area contributed by atoms with Crippen LogP contribution in [-0.4, -0.2) is 20.0 Å². The summed E-state index contributed by atoms with van der Waals surface area (Å²) in [5.41, 5.74) is -0.847. The number of aromatic nitrogens is 2. The number of halogens is 1. The lowest BCUT2D eigenvalue weighted by Gasteiger charge is -2.10. The second-order valence-electron chi connectivity index (χ2n) is 5.07. The summed E-state index contributed by atoms with van der Waals surface area (Å²) >= 11 is 0. The van der Waals surface area contributed by atoms with Crippen molar-refractivity contribution in [2.24, 2.45) is 5.92 Å². The summed E-state index contributed by atoms with van der Waals surface area (Å²) in [4.78, 5) is 25.9. The van der Waals surface area contributed by atoms with Gasteiger partial charge in [-0.05, 0) is 30.9 Å². The van der Waals surface area contributed by atoms with Crippen LogP contribution in [0, 0.1) is 11.7 Å². The maximum Gasteiger partial charge on any atom is 0.328 e. The van der Waals surface area contributed by atoms with E-state index < -0.39 is 27.9 Å². The Kier molecular flexibility index (Phi) is 3.08. The number of H-pyrrole nitrogens is 1. The first-order valence-corrected chi connectivity index (χ1v) is 7.83. The molecule has 2 aromatic rings. The number of nitrogens with one attached hydrogen (secondary N) is 1. The molecule has 0 saturated heterocycles. The predicted molar refractivity (Wildman–Crippen MR) is 73.8 cm³/mol. The Hall–Kier alpha value is -1.76. The SMILES string of the molecule is CS(=O)c1cc2c(=O)[nH]c(=O)n(CC3CC3)c2cc1F. The molecule has 1 N–H and O–H groups in total. The highest BCUT2D eigenvalue weighted by molar-refractivity contribution is 7.84. The van der Waals surface area contributed by atoms with E-state index in [2.05, 4.69) is 4.98 Å². The first-order chi connectivity index (χ1) is 9.47. The van der Waals surface area contributed by atoms with Crippen molar-refractivity contribution in [1.29, 1.82) is 0 Å². The molecule has 3 rings (SSSR count). The smallest absolute Gasteiger partial charge is 0.293 e. The number of nitrogens with zero attached hydrogens (tertiary/aromatic N) is 1. The van der Waals surface area contributed by atoms with E-state index in [0.29, 0.717) is 12.5 Å². The van der Waals surface area contributed by atoms with Crippen molar-refractivity contribution in [3.8, 4) is 0 Å². The highest BCUT2D eigenvalue weighted by Gasteiger charge is 2.24. The first kappa shape index (κ1) is 13.2. The highest BCUT2D eigenvalue weighted by Crippen LogP contribution is 2.31. The van der Waals surface area contributed by atoms with Gasteiger partial charge in [-0.1, -0.05) is 0 Å². The minimum atomic E-state index is -1.53. The van der Waals surface area contributed by atoms with Crippen LogP contribution >= 0.6 is 0 Å². The number of benzene rings is 1. The van der Waals surface area contributed by atoms with Gasteiger partial charge in [0.15, 0.2) is 0 Å². The van der Waals surface area contributed by atoms with E-state index in [1.165, 1.54) is 16.9 Å². The summed E-state index contributed by atoms with van der Waals surface area (Å²) < 4.78 is 26.8. The third-order valence-corrected chi connectivity index (χ3v) is 4.43. The van der Waals surface area contributed by atoms with Crippen molar-refractivity contribution in [2.45, 2.75) is 24.3 Å². The molecular weight excluding hydrogens is 283 g/mol. The fourth-order valence-electron chi connectivity index (χ4n) is 2.25. The lowest BCUT2D eigenvalue weighted by atomic mass is 10.2. The molecule has 1 aromatic heterocycles. The summed E-state index contributed by atoms with van der Waals surface area (Å²) in [7, 11) is -1.53.